The first-order valence-electron chi connectivity index (χ1n) is 4.33. The largest absolute Gasteiger partial charge is 0.496 e. The van der Waals surface area contributed by atoms with E-state index in [1.54, 1.807) is 0 Å². The van der Waals surface area contributed by atoms with Gasteiger partial charge >= 0.3 is 0 Å². The standard InChI is InChI=1S/2C5H5.C4H4.Hf/c2*1-2-4-5-3-1;1-3-4-2;/h2*1-5H;1-4H;/q;;-2;. The average Bonchev–Trinajstić information content (AvgIpc) is 2.94. The van der Waals surface area contributed by atoms with Gasteiger partial charge in [-0.25, -0.2) is 0 Å². The normalized spacial score (nSPS) is 18.0. The van der Waals surface area contributed by atoms with Crippen molar-refractivity contribution in [1.29, 1.82) is 0 Å². The Bertz CT molecular complexity index is 56.1. The van der Waals surface area contributed by atoms with E-state index >= 15 is 0 Å². The third-order valence-electron chi connectivity index (χ3n) is 1.22. The molecule has 2 saturated carbocycles. The molecule has 0 aromatic heterocycles. The van der Waals surface area contributed by atoms with Crippen molar-refractivity contribution in [3.8, 4) is 0 Å². The molecule has 0 spiro atoms. The summed E-state index contributed by atoms with van der Waals surface area (Å²) < 4.78 is 0. The van der Waals surface area contributed by atoms with Crippen molar-refractivity contribution in [2.75, 3.05) is 0 Å². The molecule has 2 rings (SSSR count). The van der Waals surface area contributed by atoms with Crippen molar-refractivity contribution in [2.45, 2.75) is 0 Å². The first kappa shape index (κ1) is 18.2. The Morgan fingerprint density at radius 3 is 0.667 bits per heavy atom. The molecule has 0 unspecified atom stereocenters. The Balaban J connectivity index is 0. The molecule has 1 heteroatoms. The number of unbranched alkanes of at least 4 members (excludes halogenated alkanes) is 1. The molecule has 2 fully saturated rings. The van der Waals surface area contributed by atoms with Crippen molar-refractivity contribution in [2.24, 2.45) is 0 Å². The Labute approximate surface area is 116 Å². The van der Waals surface area contributed by atoms with E-state index in [0.717, 1.165) is 0 Å². The summed E-state index contributed by atoms with van der Waals surface area (Å²) in [6, 6.07) is 0. The molecule has 0 heterocycles. The summed E-state index contributed by atoms with van der Waals surface area (Å²) in [6.45, 7) is 9.44. The number of rotatable bonds is 1. The van der Waals surface area contributed by atoms with Crippen LogP contribution in [0.15, 0.2) is 0 Å². The van der Waals surface area contributed by atoms with Crippen LogP contribution in [0.25, 0.3) is 0 Å². The second-order valence-electron chi connectivity index (χ2n) is 2.31. The molecule has 0 atom stereocenters. The second kappa shape index (κ2) is 17.3. The predicted molar refractivity (Wildman–Crippen MR) is 60.2 cm³/mol. The smallest absolute Gasteiger partial charge is 0 e. The van der Waals surface area contributed by atoms with Crippen LogP contribution in [0, 0.1) is 90.9 Å². The first-order chi connectivity index (χ1) is 6.91. The average molecular weight is 361 g/mol. The molecule has 0 bridgehead atoms. The van der Waals surface area contributed by atoms with Crippen LogP contribution < -0.4 is 0 Å². The molecule has 0 N–H and O–H groups in total. The van der Waals surface area contributed by atoms with E-state index < -0.39 is 0 Å². The van der Waals surface area contributed by atoms with Gasteiger partial charge in [0, 0.05) is 25.8 Å². The van der Waals surface area contributed by atoms with Crippen molar-refractivity contribution in [3.05, 3.63) is 90.9 Å². The molecule has 0 amide bonds. The van der Waals surface area contributed by atoms with Crippen LogP contribution in [-0.2, 0) is 25.8 Å². The van der Waals surface area contributed by atoms with Gasteiger partial charge in [-0.05, 0) is 64.2 Å². The van der Waals surface area contributed by atoms with Gasteiger partial charge in [0.25, 0.3) is 0 Å². The van der Waals surface area contributed by atoms with E-state index in [2.05, 4.69) is 0 Å². The van der Waals surface area contributed by atoms with Crippen molar-refractivity contribution in [1.82, 2.24) is 0 Å². The molecule has 14 radical (unpaired) electrons. The van der Waals surface area contributed by atoms with E-state index in [-0.39, 0.29) is 25.8 Å². The molecule has 0 aromatic carbocycles. The number of hydrogen-bond donors (Lipinski definition) is 0. The molecule has 0 aliphatic heterocycles. The maximum atomic E-state index is 4.72. The van der Waals surface area contributed by atoms with Gasteiger partial charge < -0.3 is 13.8 Å². The van der Waals surface area contributed by atoms with Crippen LogP contribution in [0.4, 0.5) is 0 Å². The van der Waals surface area contributed by atoms with Crippen molar-refractivity contribution < 1.29 is 25.8 Å². The van der Waals surface area contributed by atoms with Gasteiger partial charge in [0.1, 0.15) is 0 Å². The summed E-state index contributed by atoms with van der Waals surface area (Å²) in [5.74, 6) is 0. The molecule has 0 aromatic rings. The molecule has 0 nitrogen and oxygen atoms in total. The van der Waals surface area contributed by atoms with Crippen molar-refractivity contribution >= 4 is 0 Å². The Hall–Kier alpha value is 0.870. The zero-order chi connectivity index (χ0) is 10.5. The minimum atomic E-state index is 0. The van der Waals surface area contributed by atoms with Gasteiger partial charge in [-0.15, -0.1) is 0 Å². The van der Waals surface area contributed by atoms with E-state index in [4.69, 9.17) is 13.8 Å². The van der Waals surface area contributed by atoms with E-state index in [1.165, 1.54) is 12.8 Å². The Kier molecular flexibility index (Phi) is 21.0. The third-order valence-corrected chi connectivity index (χ3v) is 1.22. The van der Waals surface area contributed by atoms with Gasteiger partial charge in [0.2, 0.25) is 0 Å². The van der Waals surface area contributed by atoms with Crippen LogP contribution in [0.5, 0.6) is 0 Å². The van der Waals surface area contributed by atoms with E-state index in [1.807, 2.05) is 64.2 Å². The maximum Gasteiger partial charge on any atom is 0 e. The summed E-state index contributed by atoms with van der Waals surface area (Å²) in [5.41, 5.74) is 0. The van der Waals surface area contributed by atoms with Gasteiger partial charge in [0.15, 0.2) is 0 Å². The summed E-state index contributed by atoms with van der Waals surface area (Å²) in [6.07, 6.45) is 22.6. The molecule has 2 aliphatic rings. The zero-order valence-electron chi connectivity index (χ0n) is 8.58. The molecular formula is C14H14Hf-2. The minimum absolute atomic E-state index is 0. The summed E-state index contributed by atoms with van der Waals surface area (Å²) in [7, 11) is 0. The van der Waals surface area contributed by atoms with Gasteiger partial charge in [0.05, 0.1) is 0 Å². The third kappa shape index (κ3) is 17.5. The fourth-order valence-corrected chi connectivity index (χ4v) is 0.642. The summed E-state index contributed by atoms with van der Waals surface area (Å²) in [4.78, 5) is 0. The fourth-order valence-electron chi connectivity index (χ4n) is 0.642. The second-order valence-corrected chi connectivity index (χ2v) is 2.31. The topological polar surface area (TPSA) is 0 Å². The first-order valence-corrected chi connectivity index (χ1v) is 4.33. The Morgan fingerprint density at radius 2 is 0.600 bits per heavy atom. The predicted octanol–water partition coefficient (Wildman–Crippen LogP) is 2.86. The monoisotopic (exact) mass is 362 g/mol. The zero-order valence-corrected chi connectivity index (χ0v) is 12.2. The SMILES string of the molecule is [CH-][CH][CH][CH-].[CH]1[CH][CH][CH][CH]1.[CH]1[CH][CH][CH][CH]1.[Hf]. The molecule has 2 aliphatic carbocycles. The molecule has 15 heavy (non-hydrogen) atoms. The molecule has 0 saturated heterocycles. The van der Waals surface area contributed by atoms with E-state index in [0.29, 0.717) is 0 Å². The van der Waals surface area contributed by atoms with Crippen LogP contribution in [-0.4, -0.2) is 0 Å². The summed E-state index contributed by atoms with van der Waals surface area (Å²) >= 11 is 0. The fraction of sp³-hybridized carbons (Fsp3) is 0. The van der Waals surface area contributed by atoms with Crippen LogP contribution in [0.2, 0.25) is 0 Å². The van der Waals surface area contributed by atoms with Crippen LogP contribution >= 0.6 is 0 Å². The number of hydrogen-bond acceptors (Lipinski definition) is 0. The van der Waals surface area contributed by atoms with Crippen LogP contribution in [0.3, 0.4) is 0 Å². The summed E-state index contributed by atoms with van der Waals surface area (Å²) in [5, 5.41) is 0. The van der Waals surface area contributed by atoms with Gasteiger partial charge in [-0.1, -0.05) is 0 Å². The Morgan fingerprint density at radius 1 is 0.467 bits per heavy atom. The quantitative estimate of drug-likeness (QED) is 0.498. The molecule has 76 valence electrons. The van der Waals surface area contributed by atoms with E-state index in [9.17, 15) is 0 Å². The molecular weight excluding hydrogens is 347 g/mol. The van der Waals surface area contributed by atoms with Crippen molar-refractivity contribution in [3.63, 3.8) is 0 Å². The van der Waals surface area contributed by atoms with Gasteiger partial charge in [-0.3, -0.25) is 12.8 Å². The van der Waals surface area contributed by atoms with Gasteiger partial charge in [-0.2, -0.15) is 0 Å². The minimum Gasteiger partial charge on any atom is -0.496 e. The van der Waals surface area contributed by atoms with Crippen LogP contribution in [0.1, 0.15) is 0 Å². The maximum absolute atomic E-state index is 4.72.